The second kappa shape index (κ2) is 53.4. The molecule has 0 aliphatic carbocycles. The van der Waals surface area contributed by atoms with Crippen LogP contribution in [-0.4, -0.2) is 37.2 Å². The molecule has 2 atom stereocenters. The fraction of sp³-hybridized carbons (Fsp3) is 0.949. The zero-order valence-corrected chi connectivity index (χ0v) is 44.5. The van der Waals surface area contributed by atoms with E-state index in [2.05, 4.69) is 27.7 Å². The Morgan fingerprint density at radius 3 is 0.800 bits per heavy atom. The maximum absolute atomic E-state index is 12.8. The molecule has 0 aliphatic rings. The van der Waals surface area contributed by atoms with Gasteiger partial charge in [-0.3, -0.25) is 14.4 Å². The van der Waals surface area contributed by atoms with Crippen LogP contribution in [0.5, 0.6) is 0 Å². The van der Waals surface area contributed by atoms with Crippen LogP contribution in [0.15, 0.2) is 0 Å². The number of rotatable bonds is 54. The van der Waals surface area contributed by atoms with Crippen molar-refractivity contribution >= 4 is 17.9 Å². The largest absolute Gasteiger partial charge is 0.462 e. The zero-order valence-electron chi connectivity index (χ0n) is 44.5. The van der Waals surface area contributed by atoms with Gasteiger partial charge in [0.05, 0.1) is 0 Å². The molecule has 1 unspecified atom stereocenters. The summed E-state index contributed by atoms with van der Waals surface area (Å²) in [7, 11) is 0. The lowest BCUT2D eigenvalue weighted by Crippen LogP contribution is -2.30. The molecule has 65 heavy (non-hydrogen) atoms. The van der Waals surface area contributed by atoms with Gasteiger partial charge in [-0.15, -0.1) is 0 Å². The Bertz CT molecular complexity index is 982. The van der Waals surface area contributed by atoms with Crippen LogP contribution >= 0.6 is 0 Å². The smallest absolute Gasteiger partial charge is 0.306 e. The van der Waals surface area contributed by atoms with Crippen molar-refractivity contribution in [1.29, 1.82) is 0 Å². The Balaban J connectivity index is 4.23. The van der Waals surface area contributed by atoms with Crippen molar-refractivity contribution < 1.29 is 28.6 Å². The molecule has 0 radical (unpaired) electrons. The third-order valence-electron chi connectivity index (χ3n) is 13.9. The summed E-state index contributed by atoms with van der Waals surface area (Å²) < 4.78 is 16.9. The second-order valence-electron chi connectivity index (χ2n) is 20.5. The number of carbonyl (C=O) groups excluding carboxylic acids is 3. The van der Waals surface area contributed by atoms with Gasteiger partial charge >= 0.3 is 17.9 Å². The fourth-order valence-corrected chi connectivity index (χ4v) is 9.07. The summed E-state index contributed by atoms with van der Waals surface area (Å²) in [5.74, 6) is 0.0576. The average Bonchev–Trinajstić information content (AvgIpc) is 3.30. The van der Waals surface area contributed by atoms with Gasteiger partial charge in [-0.1, -0.05) is 297 Å². The van der Waals surface area contributed by atoms with Gasteiger partial charge in [0.2, 0.25) is 0 Å². The molecule has 6 nitrogen and oxygen atoms in total. The molecule has 386 valence electrons. The molecule has 6 heteroatoms. The summed E-state index contributed by atoms with van der Waals surface area (Å²) in [6, 6.07) is 0. The zero-order chi connectivity index (χ0) is 47.4. The Kier molecular flexibility index (Phi) is 52.1. The maximum Gasteiger partial charge on any atom is 0.306 e. The molecule has 0 saturated carbocycles. The van der Waals surface area contributed by atoms with Gasteiger partial charge in [0.25, 0.3) is 0 Å². The highest BCUT2D eigenvalue weighted by atomic mass is 16.6. The van der Waals surface area contributed by atoms with Gasteiger partial charge in [0.15, 0.2) is 6.10 Å². The molecule has 0 bridgehead atoms. The summed E-state index contributed by atoms with van der Waals surface area (Å²) in [4.78, 5) is 38.1. The SMILES string of the molecule is CCCCCCCCCCCCCCCCCCCCCC(=O)OC[C@@H](COC(=O)CCCCCCCCCCCC)OC(=O)CCCCCCCCCCCCCCCCC(C)CC. The van der Waals surface area contributed by atoms with Gasteiger partial charge < -0.3 is 14.2 Å². The minimum Gasteiger partial charge on any atom is -0.462 e. The van der Waals surface area contributed by atoms with Crippen molar-refractivity contribution in [1.82, 2.24) is 0 Å². The van der Waals surface area contributed by atoms with Crippen molar-refractivity contribution in [3.8, 4) is 0 Å². The first kappa shape index (κ1) is 63.4. The van der Waals surface area contributed by atoms with E-state index in [-0.39, 0.29) is 31.1 Å². The maximum atomic E-state index is 12.8. The molecule has 0 saturated heterocycles. The molecular formula is C59H114O6. The van der Waals surface area contributed by atoms with Crippen LogP contribution in [0.4, 0.5) is 0 Å². The first-order valence-corrected chi connectivity index (χ1v) is 29.4. The summed E-state index contributed by atoms with van der Waals surface area (Å²) in [5.41, 5.74) is 0. The lowest BCUT2D eigenvalue weighted by Gasteiger charge is -2.18. The van der Waals surface area contributed by atoms with E-state index in [4.69, 9.17) is 14.2 Å². The van der Waals surface area contributed by atoms with Crippen LogP contribution in [0.2, 0.25) is 0 Å². The Morgan fingerprint density at radius 1 is 0.308 bits per heavy atom. The highest BCUT2D eigenvalue weighted by Gasteiger charge is 2.19. The number of unbranched alkanes of at least 4 members (excludes halogenated alkanes) is 40. The lowest BCUT2D eigenvalue weighted by atomic mass is 9.99. The Morgan fingerprint density at radius 2 is 0.538 bits per heavy atom. The fourth-order valence-electron chi connectivity index (χ4n) is 9.07. The van der Waals surface area contributed by atoms with Crippen molar-refractivity contribution in [2.45, 2.75) is 342 Å². The summed E-state index contributed by atoms with van der Waals surface area (Å²) >= 11 is 0. The molecule has 0 rings (SSSR count). The van der Waals surface area contributed by atoms with Gasteiger partial charge in [-0.2, -0.15) is 0 Å². The van der Waals surface area contributed by atoms with E-state index in [0.717, 1.165) is 63.7 Å². The molecule has 0 aromatic heterocycles. The van der Waals surface area contributed by atoms with E-state index in [1.807, 2.05) is 0 Å². The van der Waals surface area contributed by atoms with Gasteiger partial charge in [-0.25, -0.2) is 0 Å². The van der Waals surface area contributed by atoms with Crippen molar-refractivity contribution in [2.24, 2.45) is 5.92 Å². The first-order chi connectivity index (χ1) is 31.9. The normalized spacial score (nSPS) is 12.4. The number of ether oxygens (including phenoxy) is 3. The minimum absolute atomic E-state index is 0.0619. The second-order valence-corrected chi connectivity index (χ2v) is 20.5. The molecule has 0 aromatic rings. The first-order valence-electron chi connectivity index (χ1n) is 29.4. The quantitative estimate of drug-likeness (QED) is 0.0344. The Hall–Kier alpha value is -1.59. The highest BCUT2D eigenvalue weighted by molar-refractivity contribution is 5.71. The number of hydrogen-bond donors (Lipinski definition) is 0. The monoisotopic (exact) mass is 919 g/mol. The lowest BCUT2D eigenvalue weighted by molar-refractivity contribution is -0.167. The van der Waals surface area contributed by atoms with E-state index in [1.54, 1.807) is 0 Å². The third kappa shape index (κ3) is 51.6. The van der Waals surface area contributed by atoms with E-state index >= 15 is 0 Å². The van der Waals surface area contributed by atoms with Gasteiger partial charge in [0, 0.05) is 19.3 Å². The van der Waals surface area contributed by atoms with Crippen molar-refractivity contribution in [2.75, 3.05) is 13.2 Å². The van der Waals surface area contributed by atoms with E-state index < -0.39 is 6.10 Å². The van der Waals surface area contributed by atoms with Crippen LogP contribution in [0.1, 0.15) is 336 Å². The molecule has 0 spiro atoms. The van der Waals surface area contributed by atoms with E-state index in [0.29, 0.717) is 19.3 Å². The van der Waals surface area contributed by atoms with E-state index in [1.165, 1.54) is 231 Å². The Labute approximate surface area is 406 Å². The average molecular weight is 920 g/mol. The third-order valence-corrected chi connectivity index (χ3v) is 13.9. The standard InChI is InChI=1S/C59H114O6/c1-5-8-10-12-14-16-18-19-20-21-22-23-24-28-31-35-39-43-47-51-58(61)64-54-56(53-63-57(60)50-46-42-38-34-17-15-13-11-9-6-2)65-59(62)52-48-44-40-36-32-29-26-25-27-30-33-37-41-45-49-55(4)7-3/h55-56H,5-54H2,1-4H3/t55?,56-/m1/s1. The number of carbonyl (C=O) groups is 3. The van der Waals surface area contributed by atoms with Crippen molar-refractivity contribution in [3.05, 3.63) is 0 Å². The minimum atomic E-state index is -0.761. The van der Waals surface area contributed by atoms with Crippen LogP contribution in [0.25, 0.3) is 0 Å². The molecule has 0 aromatic carbocycles. The summed E-state index contributed by atoms with van der Waals surface area (Å²) in [6.45, 7) is 9.09. The molecule has 0 fully saturated rings. The van der Waals surface area contributed by atoms with Gasteiger partial charge in [0.1, 0.15) is 13.2 Å². The van der Waals surface area contributed by atoms with Crippen LogP contribution in [0.3, 0.4) is 0 Å². The van der Waals surface area contributed by atoms with Crippen LogP contribution in [-0.2, 0) is 28.6 Å². The van der Waals surface area contributed by atoms with Gasteiger partial charge in [-0.05, 0) is 25.2 Å². The number of hydrogen-bond acceptors (Lipinski definition) is 6. The highest BCUT2D eigenvalue weighted by Crippen LogP contribution is 2.18. The molecular weight excluding hydrogens is 805 g/mol. The number of esters is 3. The van der Waals surface area contributed by atoms with Crippen LogP contribution < -0.4 is 0 Å². The van der Waals surface area contributed by atoms with E-state index in [9.17, 15) is 14.4 Å². The summed E-state index contributed by atoms with van der Waals surface area (Å²) in [5, 5.41) is 0. The molecule has 0 amide bonds. The predicted octanol–water partition coefficient (Wildman–Crippen LogP) is 19.4. The summed E-state index contributed by atoms with van der Waals surface area (Å²) in [6.07, 6.45) is 58.1. The predicted molar refractivity (Wildman–Crippen MR) is 280 cm³/mol. The van der Waals surface area contributed by atoms with Crippen molar-refractivity contribution in [3.63, 3.8) is 0 Å². The molecule has 0 heterocycles. The van der Waals surface area contributed by atoms with Crippen LogP contribution in [0, 0.1) is 5.92 Å². The topological polar surface area (TPSA) is 78.9 Å². The molecule has 0 aliphatic heterocycles. The molecule has 0 N–H and O–H groups in total.